The number of methoxy groups -OCH3 is 3. The van der Waals surface area contributed by atoms with E-state index in [9.17, 15) is 4.79 Å². The van der Waals surface area contributed by atoms with Crippen molar-refractivity contribution in [2.75, 3.05) is 21.3 Å². The fraction of sp³-hybridized carbons (Fsp3) is 0.500. The van der Waals surface area contributed by atoms with Gasteiger partial charge in [0, 0.05) is 24.6 Å². The summed E-state index contributed by atoms with van der Waals surface area (Å²) in [6, 6.07) is 3.11. The lowest BCUT2D eigenvalue weighted by atomic mass is 9.99. The molecular formula is C14H21NO5. The second kappa shape index (κ2) is 7.59. The van der Waals surface area contributed by atoms with Crippen LogP contribution >= 0.6 is 0 Å². The van der Waals surface area contributed by atoms with Gasteiger partial charge in [-0.2, -0.15) is 0 Å². The van der Waals surface area contributed by atoms with E-state index in [0.717, 1.165) is 5.56 Å². The van der Waals surface area contributed by atoms with Gasteiger partial charge in [-0.05, 0) is 12.8 Å². The first kappa shape index (κ1) is 16.1. The summed E-state index contributed by atoms with van der Waals surface area (Å²) >= 11 is 0. The number of carboxylic acids is 1. The van der Waals surface area contributed by atoms with Gasteiger partial charge in [0.05, 0.1) is 26.9 Å². The summed E-state index contributed by atoms with van der Waals surface area (Å²) in [7, 11) is 4.64. The normalized spacial score (nSPS) is 11.8. The molecule has 112 valence electrons. The van der Waals surface area contributed by atoms with Crippen LogP contribution in [0.4, 0.5) is 0 Å². The van der Waals surface area contributed by atoms with Crippen LogP contribution in [0, 0.1) is 0 Å². The molecular weight excluding hydrogens is 262 g/mol. The molecule has 1 aromatic carbocycles. The Kier molecular flexibility index (Phi) is 6.11. The molecule has 0 aliphatic heterocycles. The van der Waals surface area contributed by atoms with E-state index in [1.165, 1.54) is 0 Å². The summed E-state index contributed by atoms with van der Waals surface area (Å²) in [5, 5.41) is 8.66. The van der Waals surface area contributed by atoms with Gasteiger partial charge in [-0.25, -0.2) is 0 Å². The quantitative estimate of drug-likeness (QED) is 0.758. The summed E-state index contributed by atoms with van der Waals surface area (Å²) < 4.78 is 15.8. The maximum absolute atomic E-state index is 10.5. The zero-order chi connectivity index (χ0) is 15.1. The Labute approximate surface area is 118 Å². The minimum Gasteiger partial charge on any atom is -0.496 e. The SMILES string of the molecule is COc1cc(OC)c(C(N)CCCC(=O)O)c(OC)c1. The van der Waals surface area contributed by atoms with Crippen molar-refractivity contribution >= 4 is 5.97 Å². The van der Waals surface area contributed by atoms with Crippen LogP contribution in [0.3, 0.4) is 0 Å². The first-order valence-corrected chi connectivity index (χ1v) is 6.30. The maximum Gasteiger partial charge on any atom is 0.303 e. The number of nitrogens with two attached hydrogens (primary N) is 1. The molecule has 1 atom stereocenters. The third-order valence-electron chi connectivity index (χ3n) is 3.03. The Hall–Kier alpha value is -1.95. The average molecular weight is 283 g/mol. The highest BCUT2D eigenvalue weighted by molar-refractivity contribution is 5.66. The van der Waals surface area contributed by atoms with E-state index < -0.39 is 5.97 Å². The molecule has 0 saturated carbocycles. The molecule has 0 fully saturated rings. The summed E-state index contributed by atoms with van der Waals surface area (Å²) in [6.45, 7) is 0. The summed E-state index contributed by atoms with van der Waals surface area (Å²) in [5.41, 5.74) is 6.86. The van der Waals surface area contributed by atoms with Gasteiger partial charge in [0.1, 0.15) is 17.2 Å². The summed E-state index contributed by atoms with van der Waals surface area (Å²) in [5.74, 6) is 0.930. The van der Waals surface area contributed by atoms with Gasteiger partial charge in [0.2, 0.25) is 0 Å². The fourth-order valence-electron chi connectivity index (χ4n) is 2.02. The maximum atomic E-state index is 10.5. The highest BCUT2D eigenvalue weighted by atomic mass is 16.5. The van der Waals surface area contributed by atoms with Gasteiger partial charge in [-0.3, -0.25) is 4.79 Å². The van der Waals surface area contributed by atoms with Crippen molar-refractivity contribution in [3.63, 3.8) is 0 Å². The third kappa shape index (κ3) is 4.03. The molecule has 1 rings (SSSR count). The number of ether oxygens (including phenoxy) is 3. The number of aliphatic carboxylic acids is 1. The molecule has 0 saturated heterocycles. The van der Waals surface area contributed by atoms with Crippen LogP contribution in [-0.2, 0) is 4.79 Å². The number of carbonyl (C=O) groups is 1. The van der Waals surface area contributed by atoms with Gasteiger partial charge in [0.25, 0.3) is 0 Å². The van der Waals surface area contributed by atoms with Crippen LogP contribution < -0.4 is 19.9 Å². The van der Waals surface area contributed by atoms with Gasteiger partial charge in [-0.1, -0.05) is 0 Å². The zero-order valence-corrected chi connectivity index (χ0v) is 12.0. The van der Waals surface area contributed by atoms with E-state index in [0.29, 0.717) is 30.1 Å². The summed E-state index contributed by atoms with van der Waals surface area (Å²) in [6.07, 6.45) is 1.12. The monoisotopic (exact) mass is 283 g/mol. The molecule has 0 spiro atoms. The molecule has 0 heterocycles. The predicted molar refractivity (Wildman–Crippen MR) is 74.5 cm³/mol. The highest BCUT2D eigenvalue weighted by Crippen LogP contribution is 2.38. The molecule has 0 radical (unpaired) electrons. The van der Waals surface area contributed by atoms with E-state index in [1.807, 2.05) is 0 Å². The largest absolute Gasteiger partial charge is 0.496 e. The van der Waals surface area contributed by atoms with Crippen LogP contribution in [0.15, 0.2) is 12.1 Å². The minimum atomic E-state index is -0.828. The number of carboxylic acid groups (broad SMARTS) is 1. The zero-order valence-electron chi connectivity index (χ0n) is 12.0. The van der Waals surface area contributed by atoms with Gasteiger partial charge in [-0.15, -0.1) is 0 Å². The highest BCUT2D eigenvalue weighted by Gasteiger charge is 2.19. The van der Waals surface area contributed by atoms with Gasteiger partial charge < -0.3 is 25.1 Å². The minimum absolute atomic E-state index is 0.0918. The topological polar surface area (TPSA) is 91.0 Å². The van der Waals surface area contributed by atoms with Crippen molar-refractivity contribution in [1.29, 1.82) is 0 Å². The van der Waals surface area contributed by atoms with E-state index in [-0.39, 0.29) is 12.5 Å². The predicted octanol–water partition coefficient (Wildman–Crippen LogP) is 1.97. The van der Waals surface area contributed by atoms with Crippen molar-refractivity contribution in [2.45, 2.75) is 25.3 Å². The first-order chi connectivity index (χ1) is 9.53. The second-order valence-electron chi connectivity index (χ2n) is 4.34. The number of benzene rings is 1. The molecule has 20 heavy (non-hydrogen) atoms. The van der Waals surface area contributed by atoms with Crippen molar-refractivity contribution in [3.8, 4) is 17.2 Å². The lowest BCUT2D eigenvalue weighted by Crippen LogP contribution is -2.14. The third-order valence-corrected chi connectivity index (χ3v) is 3.03. The average Bonchev–Trinajstić information content (AvgIpc) is 2.44. The molecule has 6 heteroatoms. The van der Waals surface area contributed by atoms with Crippen molar-refractivity contribution in [3.05, 3.63) is 17.7 Å². The van der Waals surface area contributed by atoms with Crippen molar-refractivity contribution in [1.82, 2.24) is 0 Å². The van der Waals surface area contributed by atoms with Crippen LogP contribution in [0.1, 0.15) is 30.9 Å². The lowest BCUT2D eigenvalue weighted by Gasteiger charge is -2.19. The van der Waals surface area contributed by atoms with Crippen molar-refractivity contribution < 1.29 is 24.1 Å². The van der Waals surface area contributed by atoms with Crippen LogP contribution in [0.25, 0.3) is 0 Å². The van der Waals surface area contributed by atoms with Crippen LogP contribution in [0.5, 0.6) is 17.2 Å². The van der Waals surface area contributed by atoms with Crippen LogP contribution in [-0.4, -0.2) is 32.4 Å². The van der Waals surface area contributed by atoms with E-state index >= 15 is 0 Å². The van der Waals surface area contributed by atoms with Gasteiger partial charge in [0.15, 0.2) is 0 Å². The Bertz CT molecular complexity index is 436. The van der Waals surface area contributed by atoms with E-state index in [2.05, 4.69) is 0 Å². The number of hydrogen-bond donors (Lipinski definition) is 2. The number of hydrogen-bond acceptors (Lipinski definition) is 5. The molecule has 0 aliphatic rings. The van der Waals surface area contributed by atoms with Crippen LogP contribution in [0.2, 0.25) is 0 Å². The van der Waals surface area contributed by atoms with Gasteiger partial charge >= 0.3 is 5.97 Å². The standard InChI is InChI=1S/C14H21NO5/c1-18-9-7-11(19-2)14(12(8-9)20-3)10(15)5-4-6-13(16)17/h7-8,10H,4-6,15H2,1-3H3,(H,16,17). The van der Waals surface area contributed by atoms with E-state index in [1.54, 1.807) is 33.5 Å². The molecule has 0 amide bonds. The molecule has 0 aliphatic carbocycles. The lowest BCUT2D eigenvalue weighted by molar-refractivity contribution is -0.137. The molecule has 6 nitrogen and oxygen atoms in total. The first-order valence-electron chi connectivity index (χ1n) is 6.30. The Morgan fingerprint density at radius 3 is 2.15 bits per heavy atom. The smallest absolute Gasteiger partial charge is 0.303 e. The fourth-order valence-corrected chi connectivity index (χ4v) is 2.02. The second-order valence-corrected chi connectivity index (χ2v) is 4.34. The molecule has 1 unspecified atom stereocenters. The molecule has 0 aromatic heterocycles. The molecule has 3 N–H and O–H groups in total. The Balaban J connectivity index is 2.98. The Morgan fingerprint density at radius 1 is 1.20 bits per heavy atom. The van der Waals surface area contributed by atoms with Crippen molar-refractivity contribution in [2.24, 2.45) is 5.73 Å². The molecule has 0 bridgehead atoms. The molecule has 1 aromatic rings. The van der Waals surface area contributed by atoms with E-state index in [4.69, 9.17) is 25.1 Å². The summed E-state index contributed by atoms with van der Waals surface area (Å²) in [4.78, 5) is 10.5. The number of rotatable bonds is 8. The Morgan fingerprint density at radius 2 is 1.75 bits per heavy atom.